The molecule has 18 heavy (non-hydrogen) atoms. The van der Waals surface area contributed by atoms with Crippen LogP contribution in [0.15, 0.2) is 22.0 Å². The first kappa shape index (κ1) is 13.3. The highest BCUT2D eigenvalue weighted by Crippen LogP contribution is 2.23. The van der Waals surface area contributed by atoms with Crippen molar-refractivity contribution in [2.75, 3.05) is 13.1 Å². The van der Waals surface area contributed by atoms with Crippen molar-refractivity contribution in [2.45, 2.75) is 6.42 Å². The van der Waals surface area contributed by atoms with E-state index >= 15 is 0 Å². The van der Waals surface area contributed by atoms with Gasteiger partial charge in [0, 0.05) is 24.0 Å². The molecule has 0 radical (unpaired) electrons. The molecule has 1 fully saturated rings. The van der Waals surface area contributed by atoms with Crippen LogP contribution in [0.25, 0.3) is 6.08 Å². The van der Waals surface area contributed by atoms with Gasteiger partial charge in [0.15, 0.2) is 0 Å². The van der Waals surface area contributed by atoms with Crippen molar-refractivity contribution in [3.63, 3.8) is 0 Å². The average molecular weight is 330 g/mol. The van der Waals surface area contributed by atoms with Crippen LogP contribution in [-0.4, -0.2) is 35.0 Å². The molecule has 0 saturated carbocycles. The number of nitrogens with zero attached hydrogens (tertiary/aromatic N) is 1. The monoisotopic (exact) mass is 329 g/mol. The van der Waals surface area contributed by atoms with Gasteiger partial charge in [-0.05, 0) is 40.6 Å². The first-order valence-corrected chi connectivity index (χ1v) is 7.12. The smallest absolute Gasteiger partial charge is 0.308 e. The van der Waals surface area contributed by atoms with Crippen LogP contribution in [-0.2, 0) is 9.59 Å². The van der Waals surface area contributed by atoms with E-state index in [9.17, 15) is 9.59 Å². The molecule has 0 aromatic carbocycles. The Hall–Kier alpha value is -1.14. The number of rotatable bonds is 3. The highest BCUT2D eigenvalue weighted by molar-refractivity contribution is 9.11. The number of amides is 1. The van der Waals surface area contributed by atoms with E-state index in [0.29, 0.717) is 19.5 Å². The molecule has 1 N–H and O–H groups in total. The van der Waals surface area contributed by atoms with Gasteiger partial charge in [-0.2, -0.15) is 0 Å². The minimum atomic E-state index is -0.823. The Bertz CT molecular complexity index is 497. The molecular formula is C12H12BrNO3S. The number of aliphatic carboxylic acids is 1. The molecule has 0 aliphatic carbocycles. The lowest BCUT2D eigenvalue weighted by molar-refractivity contribution is -0.141. The van der Waals surface area contributed by atoms with Gasteiger partial charge >= 0.3 is 5.97 Å². The molecule has 0 spiro atoms. The fourth-order valence-electron chi connectivity index (χ4n) is 1.84. The molecule has 1 aromatic heterocycles. The third-order valence-corrected chi connectivity index (χ3v) is 4.42. The molecule has 1 saturated heterocycles. The largest absolute Gasteiger partial charge is 0.481 e. The zero-order valence-corrected chi connectivity index (χ0v) is 11.9. The summed E-state index contributed by atoms with van der Waals surface area (Å²) in [7, 11) is 0. The molecular weight excluding hydrogens is 318 g/mol. The number of halogens is 1. The van der Waals surface area contributed by atoms with Gasteiger partial charge in [0.2, 0.25) is 5.91 Å². The van der Waals surface area contributed by atoms with Gasteiger partial charge in [-0.25, -0.2) is 0 Å². The van der Waals surface area contributed by atoms with Crippen molar-refractivity contribution >= 4 is 45.2 Å². The third kappa shape index (κ3) is 3.20. The van der Waals surface area contributed by atoms with Crippen molar-refractivity contribution in [1.82, 2.24) is 4.90 Å². The summed E-state index contributed by atoms with van der Waals surface area (Å²) in [4.78, 5) is 25.2. The van der Waals surface area contributed by atoms with Gasteiger partial charge in [-0.3, -0.25) is 9.59 Å². The van der Waals surface area contributed by atoms with Crippen LogP contribution in [0.3, 0.4) is 0 Å². The maximum absolute atomic E-state index is 11.8. The van der Waals surface area contributed by atoms with E-state index in [-0.39, 0.29) is 5.91 Å². The van der Waals surface area contributed by atoms with Gasteiger partial charge < -0.3 is 10.0 Å². The van der Waals surface area contributed by atoms with Crippen molar-refractivity contribution < 1.29 is 14.7 Å². The van der Waals surface area contributed by atoms with E-state index in [1.54, 1.807) is 22.3 Å². The van der Waals surface area contributed by atoms with Crippen molar-refractivity contribution in [3.8, 4) is 0 Å². The van der Waals surface area contributed by atoms with E-state index in [2.05, 4.69) is 15.9 Å². The van der Waals surface area contributed by atoms with Gasteiger partial charge in [0.05, 0.1) is 9.70 Å². The minimum Gasteiger partial charge on any atom is -0.481 e. The molecule has 6 heteroatoms. The third-order valence-electron chi connectivity index (χ3n) is 2.83. The molecule has 1 amide bonds. The molecule has 4 nitrogen and oxygen atoms in total. The molecule has 1 atom stereocenters. The quantitative estimate of drug-likeness (QED) is 0.866. The first-order valence-electron chi connectivity index (χ1n) is 5.51. The number of thiophene rings is 1. The van der Waals surface area contributed by atoms with E-state index in [1.165, 1.54) is 6.08 Å². The SMILES string of the molecule is O=C(O)[C@@H]1CCN(C(=O)/C=C\c2ccc(Br)s2)C1. The molecule has 1 aliphatic heterocycles. The summed E-state index contributed by atoms with van der Waals surface area (Å²) in [6.07, 6.45) is 3.80. The summed E-state index contributed by atoms with van der Waals surface area (Å²) in [5, 5.41) is 8.86. The molecule has 2 rings (SSSR count). The molecule has 2 heterocycles. The number of carbonyl (C=O) groups excluding carboxylic acids is 1. The number of carboxylic acids is 1. The Labute approximate surface area is 117 Å². The van der Waals surface area contributed by atoms with Crippen LogP contribution in [0.5, 0.6) is 0 Å². The van der Waals surface area contributed by atoms with Crippen LogP contribution in [0.2, 0.25) is 0 Å². The highest BCUT2D eigenvalue weighted by atomic mass is 79.9. The van der Waals surface area contributed by atoms with E-state index < -0.39 is 11.9 Å². The van der Waals surface area contributed by atoms with Crippen LogP contribution < -0.4 is 0 Å². The lowest BCUT2D eigenvalue weighted by atomic mass is 10.1. The topological polar surface area (TPSA) is 57.6 Å². The second-order valence-corrected chi connectivity index (χ2v) is 6.58. The molecule has 0 unspecified atom stereocenters. The number of hydrogen-bond acceptors (Lipinski definition) is 3. The zero-order valence-electron chi connectivity index (χ0n) is 9.51. The minimum absolute atomic E-state index is 0.122. The first-order chi connectivity index (χ1) is 8.56. The number of carboxylic acid groups (broad SMARTS) is 1. The van der Waals surface area contributed by atoms with Gasteiger partial charge in [-0.1, -0.05) is 0 Å². The van der Waals surface area contributed by atoms with E-state index in [1.807, 2.05) is 12.1 Å². The summed E-state index contributed by atoms with van der Waals surface area (Å²) in [5.74, 6) is -1.36. The lowest BCUT2D eigenvalue weighted by Crippen LogP contribution is -2.28. The Morgan fingerprint density at radius 2 is 2.28 bits per heavy atom. The van der Waals surface area contributed by atoms with Crippen LogP contribution >= 0.6 is 27.3 Å². The maximum Gasteiger partial charge on any atom is 0.308 e. The summed E-state index contributed by atoms with van der Waals surface area (Å²) >= 11 is 4.90. The Kier molecular flexibility index (Phi) is 4.19. The fourth-order valence-corrected chi connectivity index (χ4v) is 3.17. The van der Waals surface area contributed by atoms with Crippen molar-refractivity contribution in [3.05, 3.63) is 26.9 Å². The van der Waals surface area contributed by atoms with Gasteiger partial charge in [0.25, 0.3) is 0 Å². The molecule has 1 aromatic rings. The van der Waals surface area contributed by atoms with Gasteiger partial charge in [0.1, 0.15) is 0 Å². The fraction of sp³-hybridized carbons (Fsp3) is 0.333. The second-order valence-electron chi connectivity index (χ2n) is 4.08. The average Bonchev–Trinajstić information content (AvgIpc) is 2.94. The molecule has 0 bridgehead atoms. The number of likely N-dealkylation sites (tertiary alicyclic amines) is 1. The Morgan fingerprint density at radius 3 is 2.83 bits per heavy atom. The van der Waals surface area contributed by atoms with E-state index in [0.717, 1.165) is 8.66 Å². The molecule has 1 aliphatic rings. The summed E-state index contributed by atoms with van der Waals surface area (Å²) < 4.78 is 1.02. The second kappa shape index (κ2) is 5.67. The van der Waals surface area contributed by atoms with Crippen LogP contribution in [0.4, 0.5) is 0 Å². The van der Waals surface area contributed by atoms with Crippen molar-refractivity contribution in [1.29, 1.82) is 0 Å². The normalized spacial score (nSPS) is 19.6. The number of carbonyl (C=O) groups is 2. The summed E-state index contributed by atoms with van der Waals surface area (Å²) in [5.41, 5.74) is 0. The zero-order chi connectivity index (χ0) is 13.1. The standard InChI is InChI=1S/C12H12BrNO3S/c13-10-3-1-9(18-10)2-4-11(15)14-6-5-8(7-14)12(16)17/h1-4,8H,5-7H2,(H,16,17)/b4-2-/t8-/m1/s1. The highest BCUT2D eigenvalue weighted by Gasteiger charge is 2.29. The van der Waals surface area contributed by atoms with Crippen LogP contribution in [0, 0.1) is 5.92 Å². The number of hydrogen-bond donors (Lipinski definition) is 1. The van der Waals surface area contributed by atoms with E-state index in [4.69, 9.17) is 5.11 Å². The van der Waals surface area contributed by atoms with Crippen LogP contribution in [0.1, 0.15) is 11.3 Å². The summed E-state index contributed by atoms with van der Waals surface area (Å²) in [6, 6.07) is 3.84. The Morgan fingerprint density at radius 1 is 1.50 bits per heavy atom. The van der Waals surface area contributed by atoms with Crippen molar-refractivity contribution in [2.24, 2.45) is 5.92 Å². The maximum atomic E-state index is 11.8. The predicted molar refractivity (Wildman–Crippen MR) is 73.4 cm³/mol. The Balaban J connectivity index is 1.93. The predicted octanol–water partition coefficient (Wildman–Crippen LogP) is 2.46. The van der Waals surface area contributed by atoms with Gasteiger partial charge in [-0.15, -0.1) is 11.3 Å². The lowest BCUT2D eigenvalue weighted by Gasteiger charge is -2.12. The molecule has 96 valence electrons. The summed E-state index contributed by atoms with van der Waals surface area (Å²) in [6.45, 7) is 0.834.